The molecule has 0 spiro atoms. The third-order valence-electron chi connectivity index (χ3n) is 2.24. The first-order chi connectivity index (χ1) is 7.25. The third kappa shape index (κ3) is 1.39. The minimum atomic E-state index is 0.439. The minimum Gasteiger partial charge on any atom is -0.296 e. The van der Waals surface area contributed by atoms with Gasteiger partial charge in [-0.15, -0.1) is 0 Å². The Bertz CT molecular complexity index is 662. The molecule has 0 aliphatic rings. The summed E-state index contributed by atoms with van der Waals surface area (Å²) in [5.41, 5.74) is 2.61. The van der Waals surface area contributed by atoms with Crippen LogP contribution in [0.2, 0.25) is 5.15 Å². The average Bonchev–Trinajstić information content (AvgIpc) is 2.66. The van der Waals surface area contributed by atoms with Crippen molar-refractivity contribution in [2.75, 3.05) is 0 Å². The van der Waals surface area contributed by atoms with Gasteiger partial charge >= 0.3 is 0 Å². The molecule has 2 heterocycles. The highest BCUT2D eigenvalue weighted by Crippen LogP contribution is 2.21. The summed E-state index contributed by atoms with van der Waals surface area (Å²) in [6.45, 7) is 0. The molecule has 15 heavy (non-hydrogen) atoms. The van der Waals surface area contributed by atoms with Crippen molar-refractivity contribution in [1.29, 1.82) is 0 Å². The van der Waals surface area contributed by atoms with Crippen LogP contribution in [0.15, 0.2) is 30.6 Å². The molecule has 0 fully saturated rings. The second kappa shape index (κ2) is 3.31. The van der Waals surface area contributed by atoms with Gasteiger partial charge in [-0.3, -0.25) is 4.40 Å². The highest BCUT2D eigenvalue weighted by molar-refractivity contribution is 14.1. The molecule has 0 atom stereocenters. The summed E-state index contributed by atoms with van der Waals surface area (Å²) >= 11 is 8.29. The lowest BCUT2D eigenvalue weighted by molar-refractivity contribution is 1.21. The van der Waals surface area contributed by atoms with Gasteiger partial charge in [0, 0.05) is 16.0 Å². The first-order valence-corrected chi connectivity index (χ1v) is 5.79. The molecule has 3 rings (SSSR count). The molecule has 0 amide bonds. The molecule has 5 heteroatoms. The molecule has 0 unspecified atom stereocenters. The normalized spacial score (nSPS) is 11.3. The Morgan fingerprint density at radius 1 is 1.33 bits per heavy atom. The molecule has 0 aliphatic heterocycles. The Hall–Kier alpha value is -0.880. The van der Waals surface area contributed by atoms with E-state index in [4.69, 9.17) is 11.6 Å². The molecular formula is C10H5ClIN3. The highest BCUT2D eigenvalue weighted by Gasteiger charge is 2.06. The maximum atomic E-state index is 6.03. The molecule has 0 radical (unpaired) electrons. The molecule has 0 saturated carbocycles. The van der Waals surface area contributed by atoms with Crippen molar-refractivity contribution in [2.24, 2.45) is 0 Å². The maximum absolute atomic E-state index is 6.03. The zero-order valence-electron chi connectivity index (χ0n) is 7.48. The summed E-state index contributed by atoms with van der Waals surface area (Å²) in [6, 6.07) is 6.06. The number of nitrogens with zero attached hydrogens (tertiary/aromatic N) is 3. The van der Waals surface area contributed by atoms with Crippen molar-refractivity contribution in [3.63, 3.8) is 0 Å². The highest BCUT2D eigenvalue weighted by atomic mass is 127. The fraction of sp³-hybridized carbons (Fsp3) is 0. The third-order valence-corrected chi connectivity index (χ3v) is 3.17. The van der Waals surface area contributed by atoms with Crippen molar-refractivity contribution in [2.45, 2.75) is 0 Å². The fourth-order valence-corrected chi connectivity index (χ4v) is 2.30. The van der Waals surface area contributed by atoms with Gasteiger partial charge in [0.1, 0.15) is 0 Å². The molecule has 1 aromatic carbocycles. The SMILES string of the molecule is Clc1nc2cc(I)ccc2n2ccnc12. The lowest BCUT2D eigenvalue weighted by atomic mass is 10.3. The van der Waals surface area contributed by atoms with Crippen LogP contribution in [0.1, 0.15) is 0 Å². The van der Waals surface area contributed by atoms with E-state index >= 15 is 0 Å². The van der Waals surface area contributed by atoms with Crippen LogP contribution in [0.3, 0.4) is 0 Å². The van der Waals surface area contributed by atoms with Crippen molar-refractivity contribution >= 4 is 50.9 Å². The number of imidazole rings is 1. The van der Waals surface area contributed by atoms with E-state index in [0.717, 1.165) is 14.6 Å². The van der Waals surface area contributed by atoms with Gasteiger partial charge in [0.2, 0.25) is 0 Å². The zero-order valence-corrected chi connectivity index (χ0v) is 10.4. The molecular weight excluding hydrogens is 324 g/mol. The monoisotopic (exact) mass is 329 g/mol. The molecule has 74 valence electrons. The first kappa shape index (κ1) is 9.35. The van der Waals surface area contributed by atoms with Crippen molar-refractivity contribution in [1.82, 2.24) is 14.4 Å². The summed E-state index contributed by atoms with van der Waals surface area (Å²) < 4.78 is 3.09. The van der Waals surface area contributed by atoms with Gasteiger partial charge in [-0.1, -0.05) is 11.6 Å². The summed E-state index contributed by atoms with van der Waals surface area (Å²) in [6.07, 6.45) is 3.61. The minimum absolute atomic E-state index is 0.439. The summed E-state index contributed by atoms with van der Waals surface area (Å²) in [5.74, 6) is 0. The second-order valence-corrected chi connectivity index (χ2v) is 4.76. The lowest BCUT2D eigenvalue weighted by Crippen LogP contribution is -1.92. The van der Waals surface area contributed by atoms with Crippen LogP contribution in [0.4, 0.5) is 0 Å². The van der Waals surface area contributed by atoms with Gasteiger partial charge in [-0.25, -0.2) is 9.97 Å². The first-order valence-electron chi connectivity index (χ1n) is 4.33. The van der Waals surface area contributed by atoms with Gasteiger partial charge < -0.3 is 0 Å². The average molecular weight is 330 g/mol. The number of rotatable bonds is 0. The summed E-state index contributed by atoms with van der Waals surface area (Å²) in [5, 5.41) is 0.439. The van der Waals surface area contributed by atoms with Crippen molar-refractivity contribution in [3.8, 4) is 0 Å². The van der Waals surface area contributed by atoms with Crippen LogP contribution < -0.4 is 0 Å². The van der Waals surface area contributed by atoms with Gasteiger partial charge in [0.15, 0.2) is 10.8 Å². The molecule has 0 saturated heterocycles. The Kier molecular flexibility index (Phi) is 2.07. The van der Waals surface area contributed by atoms with Crippen LogP contribution in [-0.2, 0) is 0 Å². The molecule has 2 aromatic heterocycles. The number of hydrogen-bond donors (Lipinski definition) is 0. The Morgan fingerprint density at radius 2 is 2.20 bits per heavy atom. The van der Waals surface area contributed by atoms with Gasteiger partial charge in [0.05, 0.1) is 11.0 Å². The molecule has 0 bridgehead atoms. The van der Waals surface area contributed by atoms with Gasteiger partial charge in [-0.2, -0.15) is 0 Å². The predicted molar refractivity (Wildman–Crippen MR) is 68.2 cm³/mol. The van der Waals surface area contributed by atoms with Crippen LogP contribution in [0.25, 0.3) is 16.7 Å². The van der Waals surface area contributed by atoms with E-state index in [9.17, 15) is 0 Å². The van der Waals surface area contributed by atoms with Crippen molar-refractivity contribution in [3.05, 3.63) is 39.3 Å². The number of halogens is 2. The maximum Gasteiger partial charge on any atom is 0.175 e. The van der Waals surface area contributed by atoms with Crippen LogP contribution in [-0.4, -0.2) is 14.4 Å². The molecule has 0 aliphatic carbocycles. The number of fused-ring (bicyclic) bond motifs is 3. The standard InChI is InChI=1S/C10H5ClIN3/c11-9-10-13-3-4-15(10)8-2-1-6(12)5-7(8)14-9/h1-5H. The quantitative estimate of drug-likeness (QED) is 0.593. The smallest absolute Gasteiger partial charge is 0.175 e. The van der Waals surface area contributed by atoms with Crippen LogP contribution in [0, 0.1) is 3.57 Å². The zero-order chi connectivity index (χ0) is 10.4. The Morgan fingerprint density at radius 3 is 3.07 bits per heavy atom. The van der Waals surface area contributed by atoms with E-state index in [2.05, 4.69) is 32.6 Å². The summed E-state index contributed by atoms with van der Waals surface area (Å²) in [7, 11) is 0. The van der Waals surface area contributed by atoms with Crippen molar-refractivity contribution < 1.29 is 0 Å². The number of hydrogen-bond acceptors (Lipinski definition) is 2. The topological polar surface area (TPSA) is 30.2 Å². The Balaban J connectivity index is 2.60. The number of benzene rings is 1. The molecule has 3 aromatic rings. The number of aromatic nitrogens is 3. The largest absolute Gasteiger partial charge is 0.296 e. The molecule has 3 nitrogen and oxygen atoms in total. The van der Waals surface area contributed by atoms with E-state index in [-0.39, 0.29) is 0 Å². The Labute approximate surface area is 104 Å². The van der Waals surface area contributed by atoms with E-state index in [1.807, 2.05) is 28.8 Å². The van der Waals surface area contributed by atoms with E-state index < -0.39 is 0 Å². The fourth-order valence-electron chi connectivity index (χ4n) is 1.60. The van der Waals surface area contributed by atoms with Gasteiger partial charge in [0.25, 0.3) is 0 Å². The summed E-state index contributed by atoms with van der Waals surface area (Å²) in [4.78, 5) is 8.47. The van der Waals surface area contributed by atoms with Gasteiger partial charge in [-0.05, 0) is 40.8 Å². The lowest BCUT2D eigenvalue weighted by Gasteiger charge is -2.03. The predicted octanol–water partition coefficient (Wildman–Crippen LogP) is 3.14. The van der Waals surface area contributed by atoms with E-state index in [0.29, 0.717) is 10.8 Å². The van der Waals surface area contributed by atoms with Crippen LogP contribution in [0.5, 0.6) is 0 Å². The van der Waals surface area contributed by atoms with E-state index in [1.54, 1.807) is 6.20 Å². The second-order valence-electron chi connectivity index (χ2n) is 3.16. The molecule has 0 N–H and O–H groups in total. The van der Waals surface area contributed by atoms with E-state index in [1.165, 1.54) is 0 Å². The van der Waals surface area contributed by atoms with Crippen LogP contribution >= 0.6 is 34.2 Å².